The van der Waals surface area contributed by atoms with Crippen molar-refractivity contribution in [3.8, 4) is 0 Å². The van der Waals surface area contributed by atoms with Gasteiger partial charge in [-0.2, -0.15) is 0 Å². The van der Waals surface area contributed by atoms with E-state index in [9.17, 15) is 13.2 Å². The number of fused-ring (bicyclic) bond motifs is 3. The number of para-hydroxylation sites is 1. The van der Waals surface area contributed by atoms with Gasteiger partial charge in [0.25, 0.3) is 0 Å². The van der Waals surface area contributed by atoms with Crippen LogP contribution in [0, 0.1) is 0 Å². The largest absolute Gasteiger partial charge is 0.444 e. The second-order valence-electron chi connectivity index (χ2n) is 7.02. The number of rotatable bonds is 0. The first-order valence-electron chi connectivity index (χ1n) is 7.74. The van der Waals surface area contributed by atoms with E-state index < -0.39 is 15.4 Å². The number of hydrogen-bond donors (Lipinski definition) is 0. The Morgan fingerprint density at radius 3 is 2.61 bits per heavy atom. The van der Waals surface area contributed by atoms with E-state index in [2.05, 4.69) is 4.90 Å². The second kappa shape index (κ2) is 5.40. The Balaban J connectivity index is 1.83. The minimum Gasteiger partial charge on any atom is -0.444 e. The first-order chi connectivity index (χ1) is 10.7. The number of sulfone groups is 1. The van der Waals surface area contributed by atoms with Crippen LogP contribution in [0.5, 0.6) is 0 Å². The molecule has 1 amide bonds. The van der Waals surface area contributed by atoms with E-state index in [1.165, 1.54) is 0 Å². The van der Waals surface area contributed by atoms with E-state index >= 15 is 0 Å². The number of anilines is 1. The Hall–Kier alpha value is -1.76. The molecular weight excluding hydrogens is 316 g/mol. The number of ether oxygens (including phenoxy) is 1. The van der Waals surface area contributed by atoms with E-state index in [-0.39, 0.29) is 17.9 Å². The summed E-state index contributed by atoms with van der Waals surface area (Å²) in [6, 6.07) is 6.85. The molecule has 2 heterocycles. The van der Waals surface area contributed by atoms with Crippen LogP contribution in [-0.4, -0.2) is 56.4 Å². The number of amides is 1. The van der Waals surface area contributed by atoms with Gasteiger partial charge in [-0.05, 0) is 32.9 Å². The van der Waals surface area contributed by atoms with Crippen molar-refractivity contribution in [2.75, 3.05) is 30.3 Å². The summed E-state index contributed by atoms with van der Waals surface area (Å²) in [6.45, 7) is 6.96. The highest BCUT2D eigenvalue weighted by Crippen LogP contribution is 2.34. The topological polar surface area (TPSA) is 66.9 Å². The van der Waals surface area contributed by atoms with E-state index in [1.54, 1.807) is 17.0 Å². The Morgan fingerprint density at radius 2 is 1.91 bits per heavy atom. The third-order valence-corrected chi connectivity index (χ3v) is 5.89. The summed E-state index contributed by atoms with van der Waals surface area (Å²) in [5, 5.41) is 0. The maximum absolute atomic E-state index is 12.5. The maximum atomic E-state index is 12.5. The molecule has 1 saturated heterocycles. The lowest BCUT2D eigenvalue weighted by atomic mass is 10.1. The lowest BCUT2D eigenvalue weighted by Gasteiger charge is -2.45. The molecule has 2 aliphatic heterocycles. The molecule has 0 spiro atoms. The lowest BCUT2D eigenvalue weighted by Crippen LogP contribution is -2.59. The molecule has 1 aromatic rings. The molecule has 6 nitrogen and oxygen atoms in total. The maximum Gasteiger partial charge on any atom is 0.410 e. The van der Waals surface area contributed by atoms with Gasteiger partial charge in [-0.1, -0.05) is 12.1 Å². The van der Waals surface area contributed by atoms with Crippen LogP contribution in [-0.2, 0) is 14.6 Å². The van der Waals surface area contributed by atoms with Gasteiger partial charge in [0.2, 0.25) is 0 Å². The van der Waals surface area contributed by atoms with Crippen molar-refractivity contribution in [2.45, 2.75) is 37.3 Å². The highest BCUT2D eigenvalue weighted by molar-refractivity contribution is 7.91. The number of nitrogens with zero attached hydrogens (tertiary/aromatic N) is 2. The molecule has 1 aromatic carbocycles. The van der Waals surface area contributed by atoms with Gasteiger partial charge in [-0.3, -0.25) is 0 Å². The summed E-state index contributed by atoms with van der Waals surface area (Å²) in [5.41, 5.74) is 0.187. The molecule has 0 N–H and O–H groups in total. The first-order valence-corrected chi connectivity index (χ1v) is 9.39. The second-order valence-corrected chi connectivity index (χ2v) is 9.03. The summed E-state index contributed by atoms with van der Waals surface area (Å²) in [4.78, 5) is 16.3. The third-order valence-electron chi connectivity index (χ3n) is 4.06. The zero-order valence-electron chi connectivity index (χ0n) is 13.7. The fourth-order valence-corrected chi connectivity index (χ4v) is 4.87. The first kappa shape index (κ1) is 16.1. The highest BCUT2D eigenvalue weighted by atomic mass is 32.2. The van der Waals surface area contributed by atoms with Crippen LogP contribution < -0.4 is 4.90 Å². The molecule has 126 valence electrons. The van der Waals surface area contributed by atoms with Crippen LogP contribution in [0.25, 0.3) is 0 Å². The summed E-state index contributed by atoms with van der Waals surface area (Å²) >= 11 is 0. The average molecular weight is 338 g/mol. The Labute approximate surface area is 136 Å². The molecule has 1 unspecified atom stereocenters. The summed E-state index contributed by atoms with van der Waals surface area (Å²) in [7, 11) is -3.32. The summed E-state index contributed by atoms with van der Waals surface area (Å²) in [6.07, 6.45) is -0.381. The lowest BCUT2D eigenvalue weighted by molar-refractivity contribution is 0.0218. The van der Waals surface area contributed by atoms with Crippen LogP contribution >= 0.6 is 0 Å². The van der Waals surface area contributed by atoms with Crippen molar-refractivity contribution >= 4 is 21.6 Å². The molecule has 7 heteroatoms. The van der Waals surface area contributed by atoms with E-state index in [1.807, 2.05) is 32.9 Å². The molecule has 1 atom stereocenters. The molecule has 23 heavy (non-hydrogen) atoms. The van der Waals surface area contributed by atoms with Gasteiger partial charge in [-0.15, -0.1) is 0 Å². The van der Waals surface area contributed by atoms with Gasteiger partial charge in [0.15, 0.2) is 9.84 Å². The van der Waals surface area contributed by atoms with Crippen LogP contribution in [0.15, 0.2) is 29.2 Å². The fraction of sp³-hybridized carbons (Fsp3) is 0.562. The third kappa shape index (κ3) is 3.15. The van der Waals surface area contributed by atoms with Crippen molar-refractivity contribution in [1.29, 1.82) is 0 Å². The summed E-state index contributed by atoms with van der Waals surface area (Å²) < 4.78 is 30.3. The molecule has 3 rings (SSSR count). The van der Waals surface area contributed by atoms with Gasteiger partial charge >= 0.3 is 6.09 Å². The normalized spacial score (nSPS) is 23.0. The van der Waals surface area contributed by atoms with Crippen molar-refractivity contribution in [3.63, 3.8) is 0 Å². The van der Waals surface area contributed by atoms with E-state index in [0.29, 0.717) is 24.5 Å². The number of hydrogen-bond acceptors (Lipinski definition) is 5. The predicted molar refractivity (Wildman–Crippen MR) is 87.4 cm³/mol. The highest BCUT2D eigenvalue weighted by Gasteiger charge is 2.40. The van der Waals surface area contributed by atoms with Crippen LogP contribution in [0.3, 0.4) is 0 Å². The molecular formula is C16H22N2O4S. The zero-order chi connectivity index (χ0) is 16.8. The minimum absolute atomic E-state index is 0.0311. The number of carbonyl (C=O) groups excluding carboxylic acids is 1. The molecule has 1 fully saturated rings. The summed E-state index contributed by atoms with van der Waals surface area (Å²) in [5.74, 6) is 0.0311. The van der Waals surface area contributed by atoms with Crippen molar-refractivity contribution in [2.24, 2.45) is 0 Å². The smallest absolute Gasteiger partial charge is 0.410 e. The van der Waals surface area contributed by atoms with Crippen LogP contribution in [0.4, 0.5) is 10.5 Å². The molecule has 0 saturated carbocycles. The van der Waals surface area contributed by atoms with Crippen molar-refractivity contribution in [3.05, 3.63) is 24.3 Å². The molecule has 0 aromatic heterocycles. The molecule has 0 radical (unpaired) electrons. The van der Waals surface area contributed by atoms with E-state index in [4.69, 9.17) is 4.74 Å². The van der Waals surface area contributed by atoms with Crippen molar-refractivity contribution < 1.29 is 17.9 Å². The van der Waals surface area contributed by atoms with Gasteiger partial charge in [-0.25, -0.2) is 13.2 Å². The van der Waals surface area contributed by atoms with Gasteiger partial charge in [0.1, 0.15) is 5.60 Å². The van der Waals surface area contributed by atoms with Gasteiger partial charge in [0, 0.05) is 19.6 Å². The zero-order valence-corrected chi connectivity index (χ0v) is 14.5. The Morgan fingerprint density at radius 1 is 1.22 bits per heavy atom. The molecule has 0 aliphatic carbocycles. The Bertz CT molecular complexity index is 724. The van der Waals surface area contributed by atoms with Crippen molar-refractivity contribution in [1.82, 2.24) is 4.90 Å². The quantitative estimate of drug-likeness (QED) is 0.723. The number of piperazine rings is 1. The van der Waals surface area contributed by atoms with Crippen LogP contribution in [0.1, 0.15) is 20.8 Å². The number of benzene rings is 1. The average Bonchev–Trinajstić information content (AvgIpc) is 2.44. The number of carbonyl (C=O) groups is 1. The SMILES string of the molecule is CC(C)(C)OC(=O)N1CCN2c3ccccc3S(=O)(=O)CC2C1. The standard InChI is InChI=1S/C16H22N2O4S/c1-16(2,3)22-15(19)17-8-9-18-12(10-17)11-23(20,21)14-7-5-4-6-13(14)18/h4-7,12H,8-11H2,1-3H3. The van der Waals surface area contributed by atoms with Crippen LogP contribution in [0.2, 0.25) is 0 Å². The molecule has 0 bridgehead atoms. The van der Waals surface area contributed by atoms with Gasteiger partial charge < -0.3 is 14.5 Å². The van der Waals surface area contributed by atoms with E-state index in [0.717, 1.165) is 5.69 Å². The molecule has 2 aliphatic rings. The monoisotopic (exact) mass is 338 g/mol. The van der Waals surface area contributed by atoms with Gasteiger partial charge in [0.05, 0.1) is 22.4 Å². The fourth-order valence-electron chi connectivity index (χ4n) is 3.11. The minimum atomic E-state index is -3.32. The predicted octanol–water partition coefficient (Wildman–Crippen LogP) is 1.90. The Kier molecular flexibility index (Phi) is 3.78.